The fraction of sp³-hybridized carbons (Fsp3) is 0.278. The van der Waals surface area contributed by atoms with E-state index in [1.165, 1.54) is 5.56 Å². The van der Waals surface area contributed by atoms with Crippen molar-refractivity contribution >= 4 is 11.6 Å². The van der Waals surface area contributed by atoms with Gasteiger partial charge >= 0.3 is 0 Å². The molecule has 112 valence electrons. The number of benzene rings is 2. The van der Waals surface area contributed by atoms with E-state index in [1.54, 1.807) is 0 Å². The van der Waals surface area contributed by atoms with Gasteiger partial charge in [0.1, 0.15) is 18.5 Å². The molecule has 2 aliphatic rings. The van der Waals surface area contributed by atoms with Crippen molar-refractivity contribution in [3.05, 3.63) is 59.2 Å². The number of amides is 1. The molecule has 1 N–H and O–H groups in total. The van der Waals surface area contributed by atoms with Crippen LogP contribution in [0.15, 0.2) is 42.5 Å². The summed E-state index contributed by atoms with van der Waals surface area (Å²) >= 11 is 0. The first-order chi connectivity index (χ1) is 10.8. The SMILES string of the molecule is O=C1CCc2c(cc(OCc3ccccc3)cc2C2CO2)N1. The third-order valence-electron chi connectivity index (χ3n) is 4.06. The van der Waals surface area contributed by atoms with Gasteiger partial charge in [0.25, 0.3) is 0 Å². The van der Waals surface area contributed by atoms with Crippen LogP contribution in [0.3, 0.4) is 0 Å². The maximum Gasteiger partial charge on any atom is 0.224 e. The number of epoxide rings is 1. The highest BCUT2D eigenvalue weighted by Gasteiger charge is 2.31. The molecule has 1 saturated heterocycles. The molecule has 2 aromatic carbocycles. The Hall–Kier alpha value is -2.33. The van der Waals surface area contributed by atoms with Crippen molar-refractivity contribution in [3.63, 3.8) is 0 Å². The minimum atomic E-state index is 0.0652. The largest absolute Gasteiger partial charge is 0.489 e. The predicted octanol–water partition coefficient (Wildman–Crippen LogP) is 3.22. The van der Waals surface area contributed by atoms with Gasteiger partial charge in [-0.25, -0.2) is 0 Å². The first-order valence-corrected chi connectivity index (χ1v) is 7.54. The van der Waals surface area contributed by atoms with Gasteiger partial charge in [-0.3, -0.25) is 4.79 Å². The van der Waals surface area contributed by atoms with Crippen LogP contribution in [0.5, 0.6) is 5.75 Å². The lowest BCUT2D eigenvalue weighted by atomic mass is 9.95. The van der Waals surface area contributed by atoms with Gasteiger partial charge in [-0.05, 0) is 29.2 Å². The maximum atomic E-state index is 11.6. The van der Waals surface area contributed by atoms with Gasteiger partial charge in [-0.15, -0.1) is 0 Å². The van der Waals surface area contributed by atoms with Crippen molar-refractivity contribution in [2.45, 2.75) is 25.6 Å². The van der Waals surface area contributed by atoms with E-state index in [-0.39, 0.29) is 12.0 Å². The standard InChI is InChI=1S/C18H17NO3/c20-18-7-6-14-15(17-11-22-17)8-13(9-16(14)19-18)21-10-12-4-2-1-3-5-12/h1-5,8-9,17H,6-7,10-11H2,(H,19,20). The maximum absolute atomic E-state index is 11.6. The number of fused-ring (bicyclic) bond motifs is 1. The smallest absolute Gasteiger partial charge is 0.224 e. The summed E-state index contributed by atoms with van der Waals surface area (Å²) in [5.74, 6) is 0.839. The molecule has 0 saturated carbocycles. The van der Waals surface area contributed by atoms with Gasteiger partial charge < -0.3 is 14.8 Å². The summed E-state index contributed by atoms with van der Waals surface area (Å²) < 4.78 is 11.3. The minimum absolute atomic E-state index is 0.0652. The number of nitrogens with one attached hydrogen (secondary N) is 1. The van der Waals surface area contributed by atoms with Gasteiger partial charge in [0.15, 0.2) is 0 Å². The van der Waals surface area contributed by atoms with E-state index in [0.717, 1.165) is 35.6 Å². The fourth-order valence-electron chi connectivity index (χ4n) is 2.85. The van der Waals surface area contributed by atoms with Crippen molar-refractivity contribution in [3.8, 4) is 5.75 Å². The van der Waals surface area contributed by atoms with Crippen LogP contribution in [0.1, 0.15) is 29.2 Å². The molecular formula is C18H17NO3. The molecule has 4 nitrogen and oxygen atoms in total. The van der Waals surface area contributed by atoms with Gasteiger partial charge in [0, 0.05) is 18.2 Å². The third kappa shape index (κ3) is 2.70. The number of hydrogen-bond donors (Lipinski definition) is 1. The molecule has 2 aliphatic heterocycles. The van der Waals surface area contributed by atoms with Crippen molar-refractivity contribution < 1.29 is 14.3 Å². The zero-order valence-corrected chi connectivity index (χ0v) is 12.2. The number of ether oxygens (including phenoxy) is 2. The Morgan fingerprint density at radius 2 is 2.00 bits per heavy atom. The number of hydrogen-bond acceptors (Lipinski definition) is 3. The summed E-state index contributed by atoms with van der Waals surface area (Å²) in [4.78, 5) is 11.6. The number of rotatable bonds is 4. The molecule has 1 unspecified atom stereocenters. The van der Waals surface area contributed by atoms with E-state index >= 15 is 0 Å². The molecule has 0 radical (unpaired) electrons. The average molecular weight is 295 g/mol. The molecule has 4 heteroatoms. The summed E-state index contributed by atoms with van der Waals surface area (Å²) in [5.41, 5.74) is 4.33. The molecule has 1 atom stereocenters. The summed E-state index contributed by atoms with van der Waals surface area (Å²) in [7, 11) is 0. The van der Waals surface area contributed by atoms with Gasteiger partial charge in [0.2, 0.25) is 5.91 Å². The molecular weight excluding hydrogens is 278 g/mol. The molecule has 0 aliphatic carbocycles. The molecule has 1 fully saturated rings. The quantitative estimate of drug-likeness (QED) is 0.881. The monoisotopic (exact) mass is 295 g/mol. The first kappa shape index (κ1) is 13.3. The zero-order chi connectivity index (χ0) is 14.9. The van der Waals surface area contributed by atoms with Crippen molar-refractivity contribution in [1.29, 1.82) is 0 Å². The number of carbonyl (C=O) groups excluding carboxylic acids is 1. The highest BCUT2D eigenvalue weighted by Crippen LogP contribution is 2.40. The molecule has 0 aromatic heterocycles. The van der Waals surface area contributed by atoms with Crippen LogP contribution in [0.2, 0.25) is 0 Å². The Morgan fingerprint density at radius 1 is 1.18 bits per heavy atom. The lowest BCUT2D eigenvalue weighted by Gasteiger charge is -2.21. The fourth-order valence-corrected chi connectivity index (χ4v) is 2.85. The van der Waals surface area contributed by atoms with E-state index < -0.39 is 0 Å². The lowest BCUT2D eigenvalue weighted by Crippen LogP contribution is -2.20. The molecule has 0 spiro atoms. The summed E-state index contributed by atoms with van der Waals surface area (Å²) in [6.07, 6.45) is 1.47. The summed E-state index contributed by atoms with van der Waals surface area (Å²) in [6.45, 7) is 1.26. The van der Waals surface area contributed by atoms with Crippen molar-refractivity contribution in [2.24, 2.45) is 0 Å². The Kier molecular flexibility index (Phi) is 3.31. The zero-order valence-electron chi connectivity index (χ0n) is 12.2. The van der Waals surface area contributed by atoms with Crippen LogP contribution in [0, 0.1) is 0 Å². The van der Waals surface area contributed by atoms with E-state index in [2.05, 4.69) is 11.4 Å². The number of carbonyl (C=O) groups is 1. The Bertz CT molecular complexity index is 708. The first-order valence-electron chi connectivity index (χ1n) is 7.54. The van der Waals surface area contributed by atoms with Gasteiger partial charge in [0.05, 0.1) is 6.61 Å². The van der Waals surface area contributed by atoms with Crippen molar-refractivity contribution in [1.82, 2.24) is 0 Å². The van der Waals surface area contributed by atoms with Crippen LogP contribution in [0.4, 0.5) is 5.69 Å². The van der Waals surface area contributed by atoms with E-state index in [1.807, 2.05) is 36.4 Å². The molecule has 0 bridgehead atoms. The Balaban J connectivity index is 1.61. The van der Waals surface area contributed by atoms with E-state index in [4.69, 9.17) is 9.47 Å². The van der Waals surface area contributed by atoms with Crippen LogP contribution < -0.4 is 10.1 Å². The number of anilines is 1. The molecule has 22 heavy (non-hydrogen) atoms. The minimum Gasteiger partial charge on any atom is -0.489 e. The van der Waals surface area contributed by atoms with E-state index in [0.29, 0.717) is 13.0 Å². The Morgan fingerprint density at radius 3 is 2.77 bits per heavy atom. The highest BCUT2D eigenvalue weighted by molar-refractivity contribution is 5.94. The van der Waals surface area contributed by atoms with Gasteiger partial charge in [-0.2, -0.15) is 0 Å². The van der Waals surface area contributed by atoms with Gasteiger partial charge in [-0.1, -0.05) is 30.3 Å². The molecule has 1 amide bonds. The van der Waals surface area contributed by atoms with Crippen LogP contribution >= 0.6 is 0 Å². The molecule has 4 rings (SSSR count). The summed E-state index contributed by atoms with van der Waals surface area (Å²) in [6, 6.07) is 14.0. The van der Waals surface area contributed by atoms with Crippen LogP contribution in [0.25, 0.3) is 0 Å². The second-order valence-electron chi connectivity index (χ2n) is 5.68. The van der Waals surface area contributed by atoms with Crippen LogP contribution in [-0.2, 0) is 22.6 Å². The second-order valence-corrected chi connectivity index (χ2v) is 5.68. The van der Waals surface area contributed by atoms with E-state index in [9.17, 15) is 4.79 Å². The molecule has 2 aromatic rings. The molecule has 2 heterocycles. The average Bonchev–Trinajstić information content (AvgIpc) is 3.37. The van der Waals surface area contributed by atoms with Crippen molar-refractivity contribution in [2.75, 3.05) is 11.9 Å². The highest BCUT2D eigenvalue weighted by atomic mass is 16.6. The lowest BCUT2D eigenvalue weighted by molar-refractivity contribution is -0.116. The normalized spacial score (nSPS) is 19.3. The predicted molar refractivity (Wildman–Crippen MR) is 82.9 cm³/mol. The second kappa shape index (κ2) is 5.46. The topological polar surface area (TPSA) is 50.9 Å². The Labute approximate surface area is 129 Å². The third-order valence-corrected chi connectivity index (χ3v) is 4.06. The summed E-state index contributed by atoms with van der Waals surface area (Å²) in [5, 5.41) is 2.95. The van der Waals surface area contributed by atoms with Crippen LogP contribution in [-0.4, -0.2) is 12.5 Å².